The van der Waals surface area contributed by atoms with Gasteiger partial charge in [0, 0.05) is 6.04 Å². The second-order valence-corrected chi connectivity index (χ2v) is 5.80. The first-order valence-electron chi connectivity index (χ1n) is 6.87. The van der Waals surface area contributed by atoms with Gasteiger partial charge in [0.05, 0.1) is 19.7 Å². The Bertz CT molecular complexity index is 528. The summed E-state index contributed by atoms with van der Waals surface area (Å²) < 4.78 is 7.26. The monoisotopic (exact) mass is 294 g/mol. The molecule has 0 aliphatic carbocycles. The number of rotatable bonds is 6. The van der Waals surface area contributed by atoms with Crippen molar-refractivity contribution >= 4 is 11.3 Å². The van der Waals surface area contributed by atoms with Gasteiger partial charge in [-0.3, -0.25) is 9.58 Å². The van der Waals surface area contributed by atoms with Crippen molar-refractivity contribution in [3.63, 3.8) is 0 Å². The Morgan fingerprint density at radius 1 is 1.45 bits per heavy atom. The number of hydrogen-bond donors (Lipinski definition) is 0. The van der Waals surface area contributed by atoms with E-state index < -0.39 is 0 Å². The van der Waals surface area contributed by atoms with E-state index in [0.717, 1.165) is 24.6 Å². The highest BCUT2D eigenvalue weighted by Crippen LogP contribution is 2.24. The van der Waals surface area contributed by atoms with Crippen LogP contribution in [0.5, 0.6) is 5.19 Å². The molecule has 3 rings (SSSR count). The molecule has 1 saturated heterocycles. The summed E-state index contributed by atoms with van der Waals surface area (Å²) in [4.78, 5) is 6.44. The Balaban J connectivity index is 1.60. The summed E-state index contributed by atoms with van der Waals surface area (Å²) >= 11 is 1.53. The molecule has 8 heteroatoms. The van der Waals surface area contributed by atoms with Crippen LogP contribution in [0.25, 0.3) is 0 Å². The summed E-state index contributed by atoms with van der Waals surface area (Å²) in [5, 5.41) is 14.1. The van der Waals surface area contributed by atoms with Crippen LogP contribution in [-0.2, 0) is 13.1 Å². The fourth-order valence-electron chi connectivity index (χ4n) is 2.51. The Kier molecular flexibility index (Phi) is 4.22. The molecule has 0 radical (unpaired) electrons. The molecular weight excluding hydrogens is 276 g/mol. The van der Waals surface area contributed by atoms with Crippen LogP contribution in [0.2, 0.25) is 0 Å². The molecule has 0 spiro atoms. The lowest BCUT2D eigenvalue weighted by Gasteiger charge is -2.22. The van der Waals surface area contributed by atoms with Gasteiger partial charge in [0.1, 0.15) is 17.7 Å². The normalized spacial score (nSPS) is 19.6. The van der Waals surface area contributed by atoms with Crippen LogP contribution in [0.1, 0.15) is 24.8 Å². The third-order valence-electron chi connectivity index (χ3n) is 3.42. The third-order valence-corrected chi connectivity index (χ3v) is 4.24. The van der Waals surface area contributed by atoms with Crippen LogP contribution >= 0.6 is 11.3 Å². The molecule has 20 heavy (non-hydrogen) atoms. The van der Waals surface area contributed by atoms with Gasteiger partial charge in [-0.25, -0.2) is 4.98 Å². The van der Waals surface area contributed by atoms with E-state index in [0.29, 0.717) is 17.8 Å². The van der Waals surface area contributed by atoms with Crippen LogP contribution in [-0.4, -0.2) is 49.1 Å². The zero-order valence-corrected chi connectivity index (χ0v) is 12.3. The van der Waals surface area contributed by atoms with Gasteiger partial charge >= 0.3 is 0 Å². The van der Waals surface area contributed by atoms with Crippen LogP contribution < -0.4 is 4.74 Å². The molecule has 3 heterocycles. The maximum absolute atomic E-state index is 5.37. The molecule has 7 nitrogen and oxygen atoms in total. The van der Waals surface area contributed by atoms with Crippen molar-refractivity contribution in [1.29, 1.82) is 0 Å². The SMILES string of the molecule is CCOc1nnc(CN2CCC[C@H]2Cn2cncn2)s1. The third kappa shape index (κ3) is 3.13. The molecule has 0 amide bonds. The van der Waals surface area contributed by atoms with Crippen LogP contribution in [0, 0.1) is 0 Å². The highest BCUT2D eigenvalue weighted by atomic mass is 32.1. The lowest BCUT2D eigenvalue weighted by atomic mass is 10.2. The smallest absolute Gasteiger partial charge is 0.294 e. The Labute approximate surface area is 121 Å². The van der Waals surface area contributed by atoms with Gasteiger partial charge in [-0.05, 0) is 26.3 Å². The summed E-state index contributed by atoms with van der Waals surface area (Å²) in [5.74, 6) is 0. The number of aromatic nitrogens is 5. The van der Waals surface area contributed by atoms with Gasteiger partial charge in [0.15, 0.2) is 0 Å². The highest BCUT2D eigenvalue weighted by molar-refractivity contribution is 7.13. The number of nitrogens with zero attached hydrogens (tertiary/aromatic N) is 6. The molecule has 1 atom stereocenters. The second-order valence-electron chi connectivity index (χ2n) is 4.78. The lowest BCUT2D eigenvalue weighted by molar-refractivity contribution is 0.218. The highest BCUT2D eigenvalue weighted by Gasteiger charge is 2.26. The average Bonchev–Trinajstić information content (AvgIpc) is 3.15. The molecule has 1 fully saturated rings. The minimum absolute atomic E-state index is 0.496. The van der Waals surface area contributed by atoms with Gasteiger partial charge in [0.2, 0.25) is 0 Å². The second kappa shape index (κ2) is 6.27. The standard InChI is InChI=1S/C12H18N6OS/c1-2-19-12-16-15-11(20-12)7-17-5-3-4-10(17)6-18-9-13-8-14-18/h8-10H,2-7H2,1H3/t10-/m0/s1. The lowest BCUT2D eigenvalue weighted by Crippen LogP contribution is -2.32. The van der Waals surface area contributed by atoms with Crippen molar-refractivity contribution in [3.8, 4) is 5.19 Å². The van der Waals surface area contributed by atoms with Crippen molar-refractivity contribution in [1.82, 2.24) is 29.9 Å². The molecule has 108 valence electrons. The van der Waals surface area contributed by atoms with E-state index in [-0.39, 0.29) is 0 Å². The van der Waals surface area contributed by atoms with Gasteiger partial charge in [0.25, 0.3) is 5.19 Å². The van der Waals surface area contributed by atoms with Crippen molar-refractivity contribution in [2.24, 2.45) is 0 Å². The molecule has 0 aromatic carbocycles. The predicted octanol–water partition coefficient (Wildman–Crippen LogP) is 1.19. The summed E-state index contributed by atoms with van der Waals surface area (Å²) in [6, 6.07) is 0.496. The van der Waals surface area contributed by atoms with Crippen LogP contribution in [0.15, 0.2) is 12.7 Å². The summed E-state index contributed by atoms with van der Waals surface area (Å²) in [5.41, 5.74) is 0. The van der Waals surface area contributed by atoms with Gasteiger partial charge in [-0.2, -0.15) is 5.10 Å². The minimum Gasteiger partial charge on any atom is -0.469 e. The fourth-order valence-corrected chi connectivity index (χ4v) is 3.28. The van der Waals surface area contributed by atoms with E-state index in [4.69, 9.17) is 4.74 Å². The Morgan fingerprint density at radius 2 is 2.40 bits per heavy atom. The Hall–Kier alpha value is -1.54. The molecule has 1 aliphatic heterocycles. The van der Waals surface area contributed by atoms with Gasteiger partial charge in [-0.15, -0.1) is 10.2 Å². The summed E-state index contributed by atoms with van der Waals surface area (Å²) in [7, 11) is 0. The quantitative estimate of drug-likeness (QED) is 0.797. The van der Waals surface area contributed by atoms with Crippen LogP contribution in [0.3, 0.4) is 0 Å². The van der Waals surface area contributed by atoms with Crippen LogP contribution in [0.4, 0.5) is 0 Å². The number of ether oxygens (including phenoxy) is 1. The molecule has 0 unspecified atom stereocenters. The predicted molar refractivity (Wildman–Crippen MR) is 74.5 cm³/mol. The number of hydrogen-bond acceptors (Lipinski definition) is 7. The first-order chi connectivity index (χ1) is 9.85. The van der Waals surface area contributed by atoms with Crippen molar-refractivity contribution in [2.75, 3.05) is 13.2 Å². The topological polar surface area (TPSA) is 69.0 Å². The van der Waals surface area contributed by atoms with E-state index in [1.807, 2.05) is 11.6 Å². The minimum atomic E-state index is 0.496. The van der Waals surface area contributed by atoms with E-state index >= 15 is 0 Å². The Morgan fingerprint density at radius 3 is 3.20 bits per heavy atom. The number of likely N-dealkylation sites (tertiary alicyclic amines) is 1. The first-order valence-corrected chi connectivity index (χ1v) is 7.68. The van der Waals surface area contributed by atoms with Gasteiger partial charge < -0.3 is 4.74 Å². The molecule has 0 saturated carbocycles. The molecule has 2 aromatic heterocycles. The fraction of sp³-hybridized carbons (Fsp3) is 0.667. The van der Waals surface area contributed by atoms with Crippen molar-refractivity contribution < 1.29 is 4.74 Å². The maximum atomic E-state index is 5.37. The molecule has 0 N–H and O–H groups in total. The van der Waals surface area contributed by atoms with E-state index in [2.05, 4.69) is 25.2 Å². The zero-order chi connectivity index (χ0) is 13.8. The molecule has 0 bridgehead atoms. The van der Waals surface area contributed by atoms with E-state index in [9.17, 15) is 0 Å². The molecule has 1 aliphatic rings. The first kappa shape index (κ1) is 13.4. The summed E-state index contributed by atoms with van der Waals surface area (Å²) in [6.07, 6.45) is 5.76. The largest absolute Gasteiger partial charge is 0.469 e. The zero-order valence-electron chi connectivity index (χ0n) is 11.5. The average molecular weight is 294 g/mol. The van der Waals surface area contributed by atoms with Gasteiger partial charge in [-0.1, -0.05) is 11.3 Å². The van der Waals surface area contributed by atoms with E-state index in [1.165, 1.54) is 24.2 Å². The summed E-state index contributed by atoms with van der Waals surface area (Å²) in [6.45, 7) is 5.41. The van der Waals surface area contributed by atoms with Crippen molar-refractivity contribution in [2.45, 2.75) is 38.9 Å². The maximum Gasteiger partial charge on any atom is 0.294 e. The molecule has 2 aromatic rings. The van der Waals surface area contributed by atoms with E-state index in [1.54, 1.807) is 12.7 Å². The molecular formula is C12H18N6OS. The van der Waals surface area contributed by atoms with Crippen molar-refractivity contribution in [3.05, 3.63) is 17.7 Å².